The molecule has 186 valence electrons. The van der Waals surface area contributed by atoms with Crippen molar-refractivity contribution in [3.05, 3.63) is 35.7 Å². The van der Waals surface area contributed by atoms with Gasteiger partial charge in [-0.3, -0.25) is 4.79 Å². The van der Waals surface area contributed by atoms with Crippen molar-refractivity contribution in [1.82, 2.24) is 10.2 Å². The maximum atomic E-state index is 13.5. The number of amides is 1. The molecule has 4 aliphatic carbocycles. The predicted molar refractivity (Wildman–Crippen MR) is 132 cm³/mol. The number of hydrogen-bond acceptors (Lipinski definition) is 4. The van der Waals surface area contributed by atoms with Gasteiger partial charge in [-0.15, -0.1) is 0 Å². The van der Waals surface area contributed by atoms with E-state index in [0.717, 1.165) is 42.4 Å². The van der Waals surface area contributed by atoms with E-state index in [-0.39, 0.29) is 35.4 Å². The molecule has 0 spiro atoms. The van der Waals surface area contributed by atoms with Gasteiger partial charge >= 0.3 is 0 Å². The van der Waals surface area contributed by atoms with Gasteiger partial charge in [-0.1, -0.05) is 25.2 Å². The molecule has 0 radical (unpaired) electrons. The van der Waals surface area contributed by atoms with Gasteiger partial charge in [0.05, 0.1) is 18.1 Å². The van der Waals surface area contributed by atoms with Crippen LogP contribution in [0.2, 0.25) is 0 Å². The highest BCUT2D eigenvalue weighted by Gasteiger charge is 2.66. The van der Waals surface area contributed by atoms with E-state index in [9.17, 15) is 9.90 Å². The van der Waals surface area contributed by atoms with E-state index in [1.165, 1.54) is 37.7 Å². The number of ether oxygens (including phenoxy) is 1. The van der Waals surface area contributed by atoms with Crippen LogP contribution in [0, 0.1) is 40.9 Å². The average Bonchev–Trinajstić information content (AvgIpc) is 3.59. The van der Waals surface area contributed by atoms with E-state index < -0.39 is 0 Å². The lowest BCUT2D eigenvalue weighted by Crippen LogP contribution is -2.51. The van der Waals surface area contributed by atoms with Crippen LogP contribution in [-0.2, 0) is 9.53 Å². The minimum atomic E-state index is -0.291. The first-order chi connectivity index (χ1) is 16.3. The summed E-state index contributed by atoms with van der Waals surface area (Å²) in [7, 11) is 1.90. The van der Waals surface area contributed by atoms with Crippen LogP contribution in [0.4, 0.5) is 0 Å². The number of aliphatic hydroxyl groups excluding tert-OH is 1. The summed E-state index contributed by atoms with van der Waals surface area (Å²) in [5.74, 6) is 3.22. The quantitative estimate of drug-likeness (QED) is 0.476. The highest BCUT2D eigenvalue weighted by molar-refractivity contribution is 5.85. The normalized spacial score (nSPS) is 47.9. The van der Waals surface area contributed by atoms with Gasteiger partial charge in [0.1, 0.15) is 6.10 Å². The van der Waals surface area contributed by atoms with Gasteiger partial charge in [-0.2, -0.15) is 0 Å². The highest BCUT2D eigenvalue weighted by atomic mass is 16.6. The van der Waals surface area contributed by atoms with E-state index in [0.29, 0.717) is 24.5 Å². The van der Waals surface area contributed by atoms with Crippen molar-refractivity contribution in [2.24, 2.45) is 40.9 Å². The van der Waals surface area contributed by atoms with Crippen LogP contribution in [0.3, 0.4) is 0 Å². The van der Waals surface area contributed by atoms with Crippen molar-refractivity contribution in [3.63, 3.8) is 0 Å². The fourth-order valence-electron chi connectivity index (χ4n) is 9.04. The molecule has 2 saturated heterocycles. The SMILES string of the molecule is C=C1C2CC=C([C@@H]3CC[C@@H]4C(C)CC[C@@]5(C3)C[C@H](O)C3OC3C45)CC2C(=O)N1C/C(C)=C/NC. The van der Waals surface area contributed by atoms with Crippen LogP contribution in [0.25, 0.3) is 0 Å². The monoisotopic (exact) mass is 466 g/mol. The van der Waals surface area contributed by atoms with Gasteiger partial charge in [-0.25, -0.2) is 0 Å². The Morgan fingerprint density at radius 3 is 2.91 bits per heavy atom. The summed E-state index contributed by atoms with van der Waals surface area (Å²) < 4.78 is 6.09. The third kappa shape index (κ3) is 3.44. The second kappa shape index (κ2) is 8.23. The van der Waals surface area contributed by atoms with E-state index in [1.807, 2.05) is 18.1 Å². The second-order valence-electron chi connectivity index (χ2n) is 12.5. The third-order valence-electron chi connectivity index (χ3n) is 10.7. The molecule has 34 heavy (non-hydrogen) atoms. The first-order valence-corrected chi connectivity index (χ1v) is 13.7. The number of fused-ring (bicyclic) bond motifs is 2. The fourth-order valence-corrected chi connectivity index (χ4v) is 9.04. The molecular weight excluding hydrogens is 424 g/mol. The Morgan fingerprint density at radius 1 is 1.29 bits per heavy atom. The second-order valence-corrected chi connectivity index (χ2v) is 12.5. The Hall–Kier alpha value is -1.59. The number of allylic oxidation sites excluding steroid dienone is 3. The maximum Gasteiger partial charge on any atom is 0.231 e. The molecule has 2 aliphatic heterocycles. The van der Waals surface area contributed by atoms with E-state index in [4.69, 9.17) is 4.74 Å². The van der Waals surface area contributed by atoms with Gasteiger partial charge in [0, 0.05) is 25.2 Å². The molecule has 0 aromatic carbocycles. The Kier molecular flexibility index (Phi) is 5.53. The Labute approximate surface area is 204 Å². The van der Waals surface area contributed by atoms with Crippen molar-refractivity contribution in [2.75, 3.05) is 13.6 Å². The zero-order valence-electron chi connectivity index (χ0n) is 21.1. The summed E-state index contributed by atoms with van der Waals surface area (Å²) in [6.45, 7) is 9.50. The predicted octanol–water partition coefficient (Wildman–Crippen LogP) is 4.40. The lowest BCUT2D eigenvalue weighted by Gasteiger charge is -2.52. The minimum Gasteiger partial charge on any atom is -0.394 e. The summed E-state index contributed by atoms with van der Waals surface area (Å²) >= 11 is 0. The van der Waals surface area contributed by atoms with Gasteiger partial charge in [0.2, 0.25) is 5.91 Å². The summed E-state index contributed by atoms with van der Waals surface area (Å²) in [6, 6.07) is 0. The standard InChI is InChI=1S/C29H42N2O3/c1-16(14-30-4)15-31-18(3)22-8-5-19(11-23(22)28(31)33)20-6-7-21-17(2)9-10-29(12-20)13-24(32)26-27(34-26)25(21)29/h5,14,17,20-27,30,32H,3,6-13,15H2,1-2,4H3/b16-14+/t17?,20-,21-,22?,23?,24+,25?,26?,27?,29-/m1/s1. The first-order valence-electron chi connectivity index (χ1n) is 13.7. The van der Waals surface area contributed by atoms with Gasteiger partial charge < -0.3 is 20.1 Å². The molecular formula is C29H42N2O3. The molecule has 6 unspecified atom stereocenters. The molecule has 0 aromatic heterocycles. The number of nitrogens with one attached hydrogen (secondary N) is 1. The number of hydrogen-bond donors (Lipinski definition) is 2. The van der Waals surface area contributed by atoms with Crippen LogP contribution in [0.1, 0.15) is 65.2 Å². The molecule has 2 heterocycles. The maximum absolute atomic E-state index is 13.5. The van der Waals surface area contributed by atoms with Gasteiger partial charge in [-0.05, 0) is 99.1 Å². The molecule has 10 atom stereocenters. The van der Waals surface area contributed by atoms with Gasteiger partial charge in [0.25, 0.3) is 0 Å². The van der Waals surface area contributed by atoms with Gasteiger partial charge in [0.15, 0.2) is 0 Å². The molecule has 5 heteroatoms. The largest absolute Gasteiger partial charge is 0.394 e. The van der Waals surface area contributed by atoms with Crippen LogP contribution in [-0.4, -0.2) is 47.8 Å². The summed E-state index contributed by atoms with van der Waals surface area (Å²) in [6.07, 6.45) is 13.5. The number of likely N-dealkylation sites (tertiary alicyclic amines) is 1. The lowest BCUT2D eigenvalue weighted by molar-refractivity contribution is -0.130. The van der Waals surface area contributed by atoms with Crippen molar-refractivity contribution in [2.45, 2.75) is 83.5 Å². The zero-order valence-corrected chi connectivity index (χ0v) is 21.1. The molecule has 2 N–H and O–H groups in total. The summed E-state index contributed by atoms with van der Waals surface area (Å²) in [4.78, 5) is 15.4. The molecule has 6 rings (SSSR count). The van der Waals surface area contributed by atoms with Crippen LogP contribution in [0.5, 0.6) is 0 Å². The number of rotatable bonds is 4. The number of nitrogens with zero attached hydrogens (tertiary/aromatic N) is 1. The van der Waals surface area contributed by atoms with Crippen LogP contribution in [0.15, 0.2) is 35.7 Å². The molecule has 3 saturated carbocycles. The Morgan fingerprint density at radius 2 is 2.12 bits per heavy atom. The van der Waals surface area contributed by atoms with Crippen LogP contribution >= 0.6 is 0 Å². The fraction of sp³-hybridized carbons (Fsp3) is 0.759. The van der Waals surface area contributed by atoms with E-state index in [1.54, 1.807) is 0 Å². The summed E-state index contributed by atoms with van der Waals surface area (Å²) in [5.41, 5.74) is 3.90. The molecule has 1 amide bonds. The Balaban J connectivity index is 1.23. The molecule has 6 aliphatic rings. The number of epoxide rings is 1. The van der Waals surface area contributed by atoms with Crippen molar-refractivity contribution in [1.29, 1.82) is 0 Å². The minimum absolute atomic E-state index is 0.0535. The molecule has 5 fully saturated rings. The van der Waals surface area contributed by atoms with Crippen molar-refractivity contribution >= 4 is 5.91 Å². The van der Waals surface area contributed by atoms with Crippen molar-refractivity contribution < 1.29 is 14.6 Å². The van der Waals surface area contributed by atoms with Crippen LogP contribution < -0.4 is 5.32 Å². The number of aliphatic hydroxyl groups is 1. The number of carbonyl (C=O) groups excluding carboxylic acids is 1. The topological polar surface area (TPSA) is 65.1 Å². The smallest absolute Gasteiger partial charge is 0.231 e. The molecule has 2 bridgehead atoms. The molecule has 0 aromatic rings. The van der Waals surface area contributed by atoms with E-state index in [2.05, 4.69) is 31.8 Å². The van der Waals surface area contributed by atoms with Crippen molar-refractivity contribution in [3.8, 4) is 0 Å². The molecule has 5 nitrogen and oxygen atoms in total. The van der Waals surface area contributed by atoms with E-state index >= 15 is 0 Å². The lowest BCUT2D eigenvalue weighted by atomic mass is 9.51. The average molecular weight is 467 g/mol. The highest BCUT2D eigenvalue weighted by Crippen LogP contribution is 2.65. The third-order valence-corrected chi connectivity index (χ3v) is 10.7. The first kappa shape index (κ1) is 22.8. The number of carbonyl (C=O) groups is 1. The zero-order chi connectivity index (χ0) is 23.8. The Bertz CT molecular complexity index is 940. The summed E-state index contributed by atoms with van der Waals surface area (Å²) in [5, 5.41) is 13.9.